The van der Waals surface area contributed by atoms with Crippen molar-refractivity contribution in [1.29, 1.82) is 0 Å². The fraction of sp³-hybridized carbons (Fsp3) is 0.308. The number of esters is 1. The molecule has 0 aliphatic carbocycles. The lowest BCUT2D eigenvalue weighted by atomic mass is 10.3. The summed E-state index contributed by atoms with van der Waals surface area (Å²) < 4.78 is 4.72. The lowest BCUT2D eigenvalue weighted by Crippen LogP contribution is -2.12. The molecule has 1 aromatic carbocycles. The molecular formula is C13H15ClN2O3S. The molecule has 0 aliphatic rings. The van der Waals surface area contributed by atoms with Crippen molar-refractivity contribution in [3.63, 3.8) is 0 Å². The molecule has 0 fully saturated rings. The average Bonchev–Trinajstić information content (AvgIpc) is 2.79. The number of Topliss-reactive ketones (excluding diaryl/α,β-unsaturated/α-hetero) is 1. The number of hydrogen-bond acceptors (Lipinski definition) is 5. The van der Waals surface area contributed by atoms with Crippen molar-refractivity contribution in [2.45, 2.75) is 18.5 Å². The first kappa shape index (κ1) is 16.5. The SMILES string of the molecule is CCOC(=O)CC(=O)CSc1nc2ccccc2[nH]1.Cl. The third kappa shape index (κ3) is 4.54. The minimum absolute atomic E-state index is 0. The summed E-state index contributed by atoms with van der Waals surface area (Å²) in [6, 6.07) is 7.65. The van der Waals surface area contributed by atoms with Crippen LogP contribution >= 0.6 is 24.2 Å². The van der Waals surface area contributed by atoms with Crippen LogP contribution in [0.3, 0.4) is 0 Å². The summed E-state index contributed by atoms with van der Waals surface area (Å²) in [5, 5.41) is 0.679. The Morgan fingerprint density at radius 2 is 2.10 bits per heavy atom. The van der Waals surface area contributed by atoms with E-state index < -0.39 is 5.97 Å². The zero-order valence-electron chi connectivity index (χ0n) is 10.9. The van der Waals surface area contributed by atoms with Crippen LogP contribution in [0.2, 0.25) is 0 Å². The molecular weight excluding hydrogens is 300 g/mol. The summed E-state index contributed by atoms with van der Waals surface area (Å²) in [6.45, 7) is 2.01. The second-order valence-corrected chi connectivity index (χ2v) is 4.83. The molecule has 0 amide bonds. The van der Waals surface area contributed by atoms with Crippen molar-refractivity contribution in [1.82, 2.24) is 9.97 Å². The molecule has 5 nitrogen and oxygen atoms in total. The second kappa shape index (κ2) is 7.91. The number of halogens is 1. The first-order valence-electron chi connectivity index (χ1n) is 5.94. The van der Waals surface area contributed by atoms with Crippen molar-refractivity contribution >= 4 is 47.0 Å². The van der Waals surface area contributed by atoms with E-state index in [-0.39, 0.29) is 30.4 Å². The van der Waals surface area contributed by atoms with Crippen molar-refractivity contribution in [3.8, 4) is 0 Å². The number of benzene rings is 1. The Hall–Kier alpha value is -1.53. The van der Waals surface area contributed by atoms with Gasteiger partial charge in [0.15, 0.2) is 10.9 Å². The number of aromatic amines is 1. The zero-order valence-corrected chi connectivity index (χ0v) is 12.6. The Labute approximate surface area is 126 Å². The highest BCUT2D eigenvalue weighted by molar-refractivity contribution is 7.99. The Balaban J connectivity index is 0.00000200. The second-order valence-electron chi connectivity index (χ2n) is 3.87. The van der Waals surface area contributed by atoms with Gasteiger partial charge in [-0.1, -0.05) is 23.9 Å². The molecule has 1 heterocycles. The Kier molecular flexibility index (Phi) is 6.54. The molecule has 0 aliphatic heterocycles. The van der Waals surface area contributed by atoms with Gasteiger partial charge in [-0.05, 0) is 19.1 Å². The van der Waals surface area contributed by atoms with Crippen LogP contribution in [0.4, 0.5) is 0 Å². The maximum Gasteiger partial charge on any atom is 0.313 e. The third-order valence-electron chi connectivity index (χ3n) is 2.38. The van der Waals surface area contributed by atoms with Gasteiger partial charge >= 0.3 is 5.97 Å². The normalized spacial score (nSPS) is 10.1. The molecule has 2 rings (SSSR count). The van der Waals surface area contributed by atoms with Gasteiger partial charge in [0.05, 0.1) is 23.4 Å². The topological polar surface area (TPSA) is 72.1 Å². The van der Waals surface area contributed by atoms with Crippen LogP contribution in [0.15, 0.2) is 29.4 Å². The first-order valence-corrected chi connectivity index (χ1v) is 6.92. The molecule has 7 heteroatoms. The van der Waals surface area contributed by atoms with Crippen molar-refractivity contribution < 1.29 is 14.3 Å². The molecule has 108 valence electrons. The number of imidazole rings is 1. The van der Waals surface area contributed by atoms with Gasteiger partial charge in [0.2, 0.25) is 0 Å². The monoisotopic (exact) mass is 314 g/mol. The number of aromatic nitrogens is 2. The maximum absolute atomic E-state index is 11.6. The Morgan fingerprint density at radius 1 is 1.35 bits per heavy atom. The fourth-order valence-corrected chi connectivity index (χ4v) is 2.32. The molecule has 2 aromatic rings. The van der Waals surface area contributed by atoms with E-state index >= 15 is 0 Å². The summed E-state index contributed by atoms with van der Waals surface area (Å²) in [5.41, 5.74) is 1.80. The number of ketones is 1. The zero-order chi connectivity index (χ0) is 13.7. The number of ether oxygens (including phenoxy) is 1. The van der Waals surface area contributed by atoms with Gasteiger partial charge in [0.25, 0.3) is 0 Å². The van der Waals surface area contributed by atoms with Crippen molar-refractivity contribution in [3.05, 3.63) is 24.3 Å². The highest BCUT2D eigenvalue weighted by Crippen LogP contribution is 2.19. The van der Waals surface area contributed by atoms with Crippen LogP contribution in [0.5, 0.6) is 0 Å². The van der Waals surface area contributed by atoms with E-state index in [2.05, 4.69) is 9.97 Å². The van der Waals surface area contributed by atoms with E-state index in [1.165, 1.54) is 11.8 Å². The molecule has 0 saturated heterocycles. The molecule has 1 N–H and O–H groups in total. The first-order chi connectivity index (χ1) is 9.19. The lowest BCUT2D eigenvalue weighted by molar-refractivity contribution is -0.145. The predicted octanol–water partition coefficient (Wildman–Crippen LogP) is 2.60. The molecule has 0 spiro atoms. The van der Waals surface area contributed by atoms with Crippen LogP contribution in [0.1, 0.15) is 13.3 Å². The van der Waals surface area contributed by atoms with Crippen LogP contribution < -0.4 is 0 Å². The van der Waals surface area contributed by atoms with Crippen LogP contribution in [-0.2, 0) is 14.3 Å². The van der Waals surface area contributed by atoms with Gasteiger partial charge in [-0.25, -0.2) is 4.98 Å². The number of para-hydroxylation sites is 2. The van der Waals surface area contributed by atoms with Crippen LogP contribution in [0.25, 0.3) is 11.0 Å². The molecule has 1 aromatic heterocycles. The van der Waals surface area contributed by atoms with E-state index in [1.54, 1.807) is 6.92 Å². The summed E-state index contributed by atoms with van der Waals surface area (Å²) in [7, 11) is 0. The third-order valence-corrected chi connectivity index (χ3v) is 3.32. The summed E-state index contributed by atoms with van der Waals surface area (Å²) in [6.07, 6.45) is -0.179. The number of nitrogens with one attached hydrogen (secondary N) is 1. The largest absolute Gasteiger partial charge is 0.466 e. The summed E-state index contributed by atoms with van der Waals surface area (Å²) >= 11 is 1.29. The number of thioether (sulfide) groups is 1. The van der Waals surface area contributed by atoms with Crippen molar-refractivity contribution in [2.24, 2.45) is 0 Å². The number of carbonyl (C=O) groups is 2. The van der Waals surface area contributed by atoms with Gasteiger partial charge < -0.3 is 9.72 Å². The van der Waals surface area contributed by atoms with E-state index in [0.29, 0.717) is 11.8 Å². The number of H-pyrrole nitrogens is 1. The summed E-state index contributed by atoms with van der Waals surface area (Å²) in [5.74, 6) is -0.430. The highest BCUT2D eigenvalue weighted by atomic mass is 35.5. The van der Waals surface area contributed by atoms with Gasteiger partial charge in [-0.15, -0.1) is 12.4 Å². The number of fused-ring (bicyclic) bond motifs is 1. The van der Waals surface area contributed by atoms with Crippen molar-refractivity contribution in [2.75, 3.05) is 12.4 Å². The fourth-order valence-electron chi connectivity index (χ4n) is 1.57. The predicted molar refractivity (Wildman–Crippen MR) is 80.3 cm³/mol. The highest BCUT2D eigenvalue weighted by Gasteiger charge is 2.12. The van der Waals surface area contributed by atoms with Gasteiger partial charge in [-0.3, -0.25) is 9.59 Å². The molecule has 0 bridgehead atoms. The number of rotatable bonds is 6. The van der Waals surface area contributed by atoms with Gasteiger partial charge in [0.1, 0.15) is 6.42 Å². The quantitative estimate of drug-likeness (QED) is 0.504. The molecule has 0 saturated carbocycles. The van der Waals surface area contributed by atoms with E-state index in [9.17, 15) is 9.59 Å². The van der Waals surface area contributed by atoms with Crippen LogP contribution in [-0.4, -0.2) is 34.1 Å². The number of carbonyl (C=O) groups excluding carboxylic acids is 2. The minimum atomic E-state index is -0.474. The maximum atomic E-state index is 11.6. The number of hydrogen-bond donors (Lipinski definition) is 1. The summed E-state index contributed by atoms with van der Waals surface area (Å²) in [4.78, 5) is 30.1. The Morgan fingerprint density at radius 3 is 2.80 bits per heavy atom. The Bertz CT molecular complexity index is 567. The van der Waals surface area contributed by atoms with Gasteiger partial charge in [-0.2, -0.15) is 0 Å². The average molecular weight is 315 g/mol. The minimum Gasteiger partial charge on any atom is -0.466 e. The molecule has 20 heavy (non-hydrogen) atoms. The number of nitrogens with zero attached hydrogens (tertiary/aromatic N) is 1. The van der Waals surface area contributed by atoms with Crippen LogP contribution in [0, 0.1) is 0 Å². The van der Waals surface area contributed by atoms with E-state index in [0.717, 1.165) is 11.0 Å². The lowest BCUT2D eigenvalue weighted by Gasteiger charge is -2.00. The van der Waals surface area contributed by atoms with E-state index in [4.69, 9.17) is 4.74 Å². The standard InChI is InChI=1S/C13H14N2O3S.ClH/c1-2-18-12(17)7-9(16)8-19-13-14-10-5-3-4-6-11(10)15-13;/h3-6H,2,7-8H2,1H3,(H,14,15);1H. The van der Waals surface area contributed by atoms with E-state index in [1.807, 2.05) is 24.3 Å². The van der Waals surface area contributed by atoms with Gasteiger partial charge in [0, 0.05) is 0 Å². The molecule has 0 radical (unpaired) electrons. The molecule has 0 atom stereocenters. The molecule has 0 unspecified atom stereocenters. The smallest absolute Gasteiger partial charge is 0.313 e.